The average molecular weight is 589 g/mol. The van der Waals surface area contributed by atoms with Gasteiger partial charge >= 0.3 is 0 Å². The molecule has 204 valence electrons. The smallest absolute Gasteiger partial charge is 0.256 e. The predicted octanol–water partition coefficient (Wildman–Crippen LogP) is 5.25. The van der Waals surface area contributed by atoms with E-state index in [0.29, 0.717) is 0 Å². The number of amides is 2. The number of rotatable bonds is 5. The van der Waals surface area contributed by atoms with Crippen LogP contribution in [0.25, 0.3) is 16.5 Å². The summed E-state index contributed by atoms with van der Waals surface area (Å²) < 4.78 is 68.6. The summed E-state index contributed by atoms with van der Waals surface area (Å²) in [5.74, 6) is -2.59. The van der Waals surface area contributed by atoms with E-state index in [-0.39, 0.29) is 60.0 Å². The molecule has 0 fully saturated rings. The average Bonchev–Trinajstić information content (AvgIpc) is 3.52. The van der Waals surface area contributed by atoms with Crippen molar-refractivity contribution in [2.75, 3.05) is 5.32 Å². The van der Waals surface area contributed by atoms with Crippen molar-refractivity contribution in [3.05, 3.63) is 92.5 Å². The number of halogens is 5. The Morgan fingerprint density at radius 3 is 2.65 bits per heavy atom. The Kier molecular flexibility index (Phi) is 6.26. The number of fused-ring (bicyclic) bond motifs is 4. The molecule has 3 aromatic carbocycles. The van der Waals surface area contributed by atoms with Gasteiger partial charge in [0.2, 0.25) is 6.43 Å². The minimum Gasteiger partial charge on any atom is -0.341 e. The molecular formula is C27H17ClF4N4O3S. The minimum absolute atomic E-state index is 0.00112. The zero-order chi connectivity index (χ0) is 28.5. The van der Waals surface area contributed by atoms with Gasteiger partial charge in [-0.25, -0.2) is 21.8 Å². The molecule has 2 aliphatic heterocycles. The Morgan fingerprint density at radius 1 is 1.18 bits per heavy atom. The van der Waals surface area contributed by atoms with Gasteiger partial charge in [0, 0.05) is 45.2 Å². The number of aryl methyl sites for hydroxylation is 1. The van der Waals surface area contributed by atoms with Gasteiger partial charge in [0.25, 0.3) is 11.8 Å². The fourth-order valence-electron chi connectivity index (χ4n) is 5.15. The molecule has 2 atom stereocenters. The van der Waals surface area contributed by atoms with Crippen molar-refractivity contribution in [3.8, 4) is 0 Å². The Hall–Kier alpha value is -4.03. The normalized spacial score (nSPS) is 17.7. The zero-order valence-electron chi connectivity index (χ0n) is 20.4. The lowest BCUT2D eigenvalue weighted by molar-refractivity contribution is -0.111. The van der Waals surface area contributed by atoms with Gasteiger partial charge in [0.15, 0.2) is 0 Å². The van der Waals surface area contributed by atoms with Gasteiger partial charge < -0.3 is 10.6 Å². The molecule has 0 radical (unpaired) electrons. The second-order valence-electron chi connectivity index (χ2n) is 9.27. The van der Waals surface area contributed by atoms with Crippen LogP contribution in [0.3, 0.4) is 0 Å². The van der Waals surface area contributed by atoms with E-state index in [9.17, 15) is 31.4 Å². The number of alkyl halides is 2. The van der Waals surface area contributed by atoms with Gasteiger partial charge in [0.1, 0.15) is 17.2 Å². The summed E-state index contributed by atoms with van der Waals surface area (Å²) in [5.41, 5.74) is 0.995. The van der Waals surface area contributed by atoms with Crippen LogP contribution in [0.1, 0.15) is 38.8 Å². The van der Waals surface area contributed by atoms with Crippen molar-refractivity contribution in [2.24, 2.45) is 7.05 Å². The molecule has 1 aromatic heterocycles. The van der Waals surface area contributed by atoms with Crippen LogP contribution in [0.4, 0.5) is 23.2 Å². The van der Waals surface area contributed by atoms with Crippen molar-refractivity contribution >= 4 is 56.4 Å². The highest BCUT2D eigenvalue weighted by atomic mass is 35.5. The standard InChI is InChI=1S/C27H17ClF4N4O3S/c1-36-19(9-21(31)32)15-8-18(33-26(37)16-10-40(39)20-7-12(30)2-4-13(16)20)22-23(25(15)35-36)27(38)34-24(22)14-6-11(29)3-5-17(14)28/h2-8,10,21,24H,9H2,1H3,(H,33,37)(H,34,38). The fourth-order valence-corrected chi connectivity index (χ4v) is 6.57. The summed E-state index contributed by atoms with van der Waals surface area (Å²) >= 11 is 6.36. The number of anilines is 1. The molecule has 0 bridgehead atoms. The summed E-state index contributed by atoms with van der Waals surface area (Å²) in [6, 6.07) is 7.56. The number of nitrogens with zero attached hydrogens (tertiary/aromatic N) is 2. The largest absolute Gasteiger partial charge is 0.341 e. The lowest BCUT2D eigenvalue weighted by Crippen LogP contribution is -2.21. The first-order chi connectivity index (χ1) is 19.0. The predicted molar refractivity (Wildman–Crippen MR) is 141 cm³/mol. The lowest BCUT2D eigenvalue weighted by Gasteiger charge is -2.18. The highest BCUT2D eigenvalue weighted by molar-refractivity contribution is 7.88. The summed E-state index contributed by atoms with van der Waals surface area (Å²) in [7, 11) is -0.315. The van der Waals surface area contributed by atoms with Gasteiger partial charge in [-0.3, -0.25) is 14.3 Å². The molecule has 4 aromatic rings. The van der Waals surface area contributed by atoms with E-state index in [1.54, 1.807) is 0 Å². The topological polar surface area (TPSA) is 93.1 Å². The molecular weight excluding hydrogens is 572 g/mol. The van der Waals surface area contributed by atoms with Gasteiger partial charge in [-0.05, 0) is 36.4 Å². The Labute approximate surface area is 231 Å². The van der Waals surface area contributed by atoms with Crippen molar-refractivity contribution < 1.29 is 31.4 Å². The molecule has 0 spiro atoms. The van der Waals surface area contributed by atoms with Crippen molar-refractivity contribution in [2.45, 2.75) is 23.8 Å². The van der Waals surface area contributed by atoms with Crippen molar-refractivity contribution in [1.82, 2.24) is 15.1 Å². The quantitative estimate of drug-likeness (QED) is 0.312. The van der Waals surface area contributed by atoms with E-state index in [1.807, 2.05) is 0 Å². The van der Waals surface area contributed by atoms with Crippen molar-refractivity contribution in [1.29, 1.82) is 0 Å². The van der Waals surface area contributed by atoms with Crippen LogP contribution in [0.2, 0.25) is 5.02 Å². The first kappa shape index (κ1) is 26.2. The van der Waals surface area contributed by atoms with Gasteiger partial charge in [-0.15, -0.1) is 0 Å². The minimum atomic E-state index is -2.71. The molecule has 0 saturated carbocycles. The zero-order valence-corrected chi connectivity index (χ0v) is 22.0. The van der Waals surface area contributed by atoms with E-state index in [2.05, 4.69) is 15.7 Å². The Morgan fingerprint density at radius 2 is 1.90 bits per heavy atom. The third kappa shape index (κ3) is 4.18. The van der Waals surface area contributed by atoms with E-state index in [0.717, 1.165) is 24.3 Å². The molecule has 3 heterocycles. The van der Waals surface area contributed by atoms with Crippen LogP contribution >= 0.6 is 11.6 Å². The number of aromatic nitrogens is 2. The van der Waals surface area contributed by atoms with Crippen molar-refractivity contribution in [3.63, 3.8) is 0 Å². The third-order valence-electron chi connectivity index (χ3n) is 6.87. The summed E-state index contributed by atoms with van der Waals surface area (Å²) in [6.45, 7) is 0. The Bertz CT molecular complexity index is 1840. The highest BCUT2D eigenvalue weighted by Crippen LogP contribution is 2.44. The fraction of sp³-hybridized carbons (Fsp3) is 0.148. The number of carbonyl (C=O) groups excluding carboxylic acids is 2. The maximum absolute atomic E-state index is 14.2. The number of benzene rings is 3. The van der Waals surface area contributed by atoms with Crippen LogP contribution in [-0.4, -0.2) is 32.2 Å². The summed E-state index contributed by atoms with van der Waals surface area (Å²) in [6.07, 6.45) is -3.38. The van der Waals surface area contributed by atoms with E-state index < -0.39 is 53.1 Å². The van der Waals surface area contributed by atoms with Crippen LogP contribution in [0.5, 0.6) is 0 Å². The van der Waals surface area contributed by atoms with Gasteiger partial charge in [-0.2, -0.15) is 5.10 Å². The first-order valence-corrected chi connectivity index (χ1v) is 13.4. The number of carbonyl (C=O) groups is 2. The summed E-state index contributed by atoms with van der Waals surface area (Å²) in [5, 5.41) is 11.3. The number of hydrogen-bond donors (Lipinski definition) is 2. The van der Waals surface area contributed by atoms with E-state index in [4.69, 9.17) is 11.6 Å². The molecule has 2 N–H and O–H groups in total. The van der Waals surface area contributed by atoms with Crippen LogP contribution in [0.15, 0.2) is 52.8 Å². The third-order valence-corrected chi connectivity index (χ3v) is 8.43. The van der Waals surface area contributed by atoms with Crippen LogP contribution in [0, 0.1) is 11.6 Å². The number of hydrogen-bond acceptors (Lipinski definition) is 4. The SMILES string of the molecule is Cn1nc2c3c(c(NC(=O)C4=CS(=O)c5cc(F)ccc54)cc2c1CC(F)F)C(c1cc(F)ccc1Cl)NC3=O. The molecule has 7 nitrogen and oxygen atoms in total. The van der Waals surface area contributed by atoms with Gasteiger partial charge in [-0.1, -0.05) is 17.7 Å². The molecule has 13 heteroatoms. The second kappa shape index (κ2) is 9.56. The first-order valence-electron chi connectivity index (χ1n) is 11.8. The molecule has 40 heavy (non-hydrogen) atoms. The second-order valence-corrected chi connectivity index (χ2v) is 10.9. The molecule has 6 rings (SSSR count). The van der Waals surface area contributed by atoms with Crippen LogP contribution in [-0.2, 0) is 29.1 Å². The van der Waals surface area contributed by atoms with E-state index in [1.165, 1.54) is 35.3 Å². The highest BCUT2D eigenvalue weighted by Gasteiger charge is 2.38. The van der Waals surface area contributed by atoms with Gasteiger partial charge in [0.05, 0.1) is 45.0 Å². The number of nitrogens with one attached hydrogen (secondary N) is 2. The lowest BCUT2D eigenvalue weighted by atomic mass is 9.93. The molecule has 2 unspecified atom stereocenters. The molecule has 0 saturated heterocycles. The molecule has 2 aliphatic rings. The summed E-state index contributed by atoms with van der Waals surface area (Å²) in [4.78, 5) is 26.9. The molecule has 2 amide bonds. The Balaban J connectivity index is 1.55. The maximum Gasteiger partial charge on any atom is 0.256 e. The maximum atomic E-state index is 14.2. The molecule has 0 aliphatic carbocycles. The van der Waals surface area contributed by atoms with E-state index >= 15 is 0 Å². The van der Waals surface area contributed by atoms with Crippen LogP contribution < -0.4 is 10.6 Å². The monoisotopic (exact) mass is 588 g/mol.